The normalized spacial score (nSPS) is 21.3. The molecule has 1 aliphatic heterocycles. The molecule has 0 bridgehead atoms. The number of fused-ring (bicyclic) bond motifs is 1. The minimum atomic E-state index is 0.218. The number of hydrogen-bond acceptors (Lipinski definition) is 4. The smallest absolute Gasteiger partial charge is 0.105 e. The molecule has 0 radical (unpaired) electrons. The maximum Gasteiger partial charge on any atom is 0.105 e. The van der Waals surface area contributed by atoms with Crippen molar-refractivity contribution in [2.75, 3.05) is 20.2 Å². The van der Waals surface area contributed by atoms with E-state index in [1.807, 2.05) is 18.2 Å². The predicted octanol–water partition coefficient (Wildman–Crippen LogP) is 2.43. The van der Waals surface area contributed by atoms with E-state index in [1.165, 1.54) is 24.1 Å². The van der Waals surface area contributed by atoms with Crippen LogP contribution in [0.5, 0.6) is 0 Å². The van der Waals surface area contributed by atoms with E-state index in [2.05, 4.69) is 39.1 Å². The molecule has 0 spiro atoms. The molecule has 5 heteroatoms. The number of hydrogen-bond donors (Lipinski definition) is 0. The van der Waals surface area contributed by atoms with Gasteiger partial charge in [-0.25, -0.2) is 4.68 Å². The third-order valence-electron chi connectivity index (χ3n) is 4.93. The summed E-state index contributed by atoms with van der Waals surface area (Å²) in [7, 11) is 2.15. The molecule has 0 unspecified atom stereocenters. The van der Waals surface area contributed by atoms with Gasteiger partial charge in [0, 0.05) is 19.5 Å². The first-order valence-electron chi connectivity index (χ1n) is 8.55. The van der Waals surface area contributed by atoms with E-state index in [4.69, 9.17) is 4.74 Å². The molecule has 0 N–H and O–H groups in total. The van der Waals surface area contributed by atoms with Crippen LogP contribution in [-0.4, -0.2) is 40.1 Å². The Morgan fingerprint density at radius 2 is 2.04 bits per heavy atom. The summed E-state index contributed by atoms with van der Waals surface area (Å²) in [5.41, 5.74) is 3.65. The lowest BCUT2D eigenvalue weighted by Gasteiger charge is -2.31. The second kappa shape index (κ2) is 6.42. The SMILES string of the molecule is CN1CCc2c(nnn2CC2CC2)[C@@H]1COCc1ccccc1. The van der Waals surface area contributed by atoms with E-state index in [1.54, 1.807) is 0 Å². The molecule has 0 amide bonds. The third kappa shape index (κ3) is 3.31. The Labute approximate surface area is 137 Å². The molecule has 1 aliphatic carbocycles. The first kappa shape index (κ1) is 14.8. The average molecular weight is 312 g/mol. The maximum absolute atomic E-state index is 5.97. The van der Waals surface area contributed by atoms with Gasteiger partial charge in [0.15, 0.2) is 0 Å². The van der Waals surface area contributed by atoms with Gasteiger partial charge in [0.05, 0.1) is 24.9 Å². The van der Waals surface area contributed by atoms with Crippen LogP contribution in [0.15, 0.2) is 30.3 Å². The number of ether oxygens (including phenoxy) is 1. The summed E-state index contributed by atoms with van der Waals surface area (Å²) in [5, 5.41) is 8.90. The van der Waals surface area contributed by atoms with Crippen LogP contribution in [-0.2, 0) is 24.3 Å². The summed E-state index contributed by atoms with van der Waals surface area (Å²) < 4.78 is 8.11. The summed E-state index contributed by atoms with van der Waals surface area (Å²) in [6.07, 6.45) is 3.73. The van der Waals surface area contributed by atoms with Gasteiger partial charge in [-0.2, -0.15) is 0 Å². The Morgan fingerprint density at radius 3 is 2.83 bits per heavy atom. The lowest BCUT2D eigenvalue weighted by atomic mass is 10.0. The largest absolute Gasteiger partial charge is 0.375 e. The van der Waals surface area contributed by atoms with E-state index in [9.17, 15) is 0 Å². The van der Waals surface area contributed by atoms with Crippen LogP contribution in [0, 0.1) is 5.92 Å². The van der Waals surface area contributed by atoms with E-state index in [0.29, 0.717) is 13.2 Å². The summed E-state index contributed by atoms with van der Waals surface area (Å²) in [4.78, 5) is 2.34. The van der Waals surface area contributed by atoms with Crippen LogP contribution in [0.1, 0.15) is 35.8 Å². The summed E-state index contributed by atoms with van der Waals surface area (Å²) in [5.74, 6) is 0.827. The second-order valence-corrected chi connectivity index (χ2v) is 6.79. The monoisotopic (exact) mass is 312 g/mol. The molecular weight excluding hydrogens is 288 g/mol. The fraction of sp³-hybridized carbons (Fsp3) is 0.556. The van der Waals surface area contributed by atoms with Gasteiger partial charge in [0.2, 0.25) is 0 Å². The quantitative estimate of drug-likeness (QED) is 0.822. The molecule has 1 atom stereocenters. The van der Waals surface area contributed by atoms with Crippen molar-refractivity contribution in [3.05, 3.63) is 47.3 Å². The van der Waals surface area contributed by atoms with Crippen molar-refractivity contribution in [1.29, 1.82) is 0 Å². The number of likely N-dealkylation sites (N-methyl/N-ethyl adjacent to an activating group) is 1. The predicted molar refractivity (Wildman–Crippen MR) is 87.9 cm³/mol. The van der Waals surface area contributed by atoms with Gasteiger partial charge < -0.3 is 4.74 Å². The molecular formula is C18H24N4O. The zero-order valence-electron chi connectivity index (χ0n) is 13.7. The Bertz CT molecular complexity index is 650. The standard InChI is InChI=1S/C18H24N4O/c1-21-10-9-16-18(19-20-22(16)11-14-7-8-14)17(21)13-23-12-15-5-3-2-4-6-15/h2-6,14,17H,7-13H2,1H3/t17-/m0/s1. The minimum absolute atomic E-state index is 0.218. The van der Waals surface area contributed by atoms with Crippen LogP contribution in [0.2, 0.25) is 0 Å². The highest BCUT2D eigenvalue weighted by Gasteiger charge is 2.32. The fourth-order valence-corrected chi connectivity index (χ4v) is 3.27. The van der Waals surface area contributed by atoms with Crippen molar-refractivity contribution < 1.29 is 4.74 Å². The molecule has 5 nitrogen and oxygen atoms in total. The van der Waals surface area contributed by atoms with Crippen LogP contribution < -0.4 is 0 Å². The number of nitrogens with zero attached hydrogens (tertiary/aromatic N) is 4. The zero-order chi connectivity index (χ0) is 15.6. The van der Waals surface area contributed by atoms with Crippen LogP contribution in [0.25, 0.3) is 0 Å². The molecule has 122 valence electrons. The van der Waals surface area contributed by atoms with Crippen molar-refractivity contribution in [3.63, 3.8) is 0 Å². The van der Waals surface area contributed by atoms with Crippen molar-refractivity contribution >= 4 is 0 Å². The maximum atomic E-state index is 5.97. The Morgan fingerprint density at radius 1 is 1.22 bits per heavy atom. The van der Waals surface area contributed by atoms with Crippen LogP contribution in [0.4, 0.5) is 0 Å². The zero-order valence-corrected chi connectivity index (χ0v) is 13.7. The molecule has 1 saturated carbocycles. The molecule has 2 heterocycles. The minimum Gasteiger partial charge on any atom is -0.375 e. The molecule has 2 aliphatic rings. The first-order chi connectivity index (χ1) is 11.3. The molecule has 2 aromatic rings. The average Bonchev–Trinajstić information content (AvgIpc) is 3.30. The third-order valence-corrected chi connectivity index (χ3v) is 4.93. The Balaban J connectivity index is 1.42. The summed E-state index contributed by atoms with van der Waals surface area (Å²) >= 11 is 0. The lowest BCUT2D eigenvalue weighted by Crippen LogP contribution is -2.35. The summed E-state index contributed by atoms with van der Waals surface area (Å²) in [6.45, 7) is 3.41. The van der Waals surface area contributed by atoms with Crippen LogP contribution in [0.3, 0.4) is 0 Å². The van der Waals surface area contributed by atoms with Crippen LogP contribution >= 0.6 is 0 Å². The molecule has 0 saturated heterocycles. The Kier molecular flexibility index (Phi) is 4.14. The van der Waals surface area contributed by atoms with Gasteiger partial charge in [-0.3, -0.25) is 4.90 Å². The van der Waals surface area contributed by atoms with Crippen molar-refractivity contribution in [3.8, 4) is 0 Å². The molecule has 1 aromatic heterocycles. The molecule has 1 aromatic carbocycles. The van der Waals surface area contributed by atoms with Gasteiger partial charge in [-0.1, -0.05) is 35.5 Å². The van der Waals surface area contributed by atoms with E-state index in [0.717, 1.165) is 31.1 Å². The molecule has 4 rings (SSSR count). The highest BCUT2D eigenvalue weighted by Crippen LogP contribution is 2.33. The Hall–Kier alpha value is -1.72. The lowest BCUT2D eigenvalue weighted by molar-refractivity contribution is 0.0536. The van der Waals surface area contributed by atoms with Gasteiger partial charge in [0.1, 0.15) is 5.69 Å². The van der Waals surface area contributed by atoms with E-state index >= 15 is 0 Å². The van der Waals surface area contributed by atoms with Gasteiger partial charge >= 0.3 is 0 Å². The number of aromatic nitrogens is 3. The number of rotatable bonds is 6. The van der Waals surface area contributed by atoms with Crippen molar-refractivity contribution in [2.45, 2.75) is 38.5 Å². The van der Waals surface area contributed by atoms with Gasteiger partial charge in [0.25, 0.3) is 0 Å². The van der Waals surface area contributed by atoms with Gasteiger partial charge in [-0.15, -0.1) is 5.10 Å². The van der Waals surface area contributed by atoms with E-state index in [-0.39, 0.29) is 6.04 Å². The fourth-order valence-electron chi connectivity index (χ4n) is 3.27. The van der Waals surface area contributed by atoms with Gasteiger partial charge in [-0.05, 0) is 31.4 Å². The molecule has 23 heavy (non-hydrogen) atoms. The van der Waals surface area contributed by atoms with E-state index < -0.39 is 0 Å². The molecule has 1 fully saturated rings. The summed E-state index contributed by atoms with van der Waals surface area (Å²) in [6, 6.07) is 10.5. The van der Waals surface area contributed by atoms with Crippen molar-refractivity contribution in [1.82, 2.24) is 19.9 Å². The highest BCUT2D eigenvalue weighted by atomic mass is 16.5. The topological polar surface area (TPSA) is 43.2 Å². The first-order valence-corrected chi connectivity index (χ1v) is 8.55. The second-order valence-electron chi connectivity index (χ2n) is 6.79. The number of benzene rings is 1. The highest BCUT2D eigenvalue weighted by molar-refractivity contribution is 5.19. The van der Waals surface area contributed by atoms with Crippen molar-refractivity contribution in [2.24, 2.45) is 5.92 Å².